The van der Waals surface area contributed by atoms with Crippen LogP contribution in [0, 0.1) is 0 Å². The van der Waals surface area contributed by atoms with Gasteiger partial charge in [-0.05, 0) is 19.4 Å². The molecule has 7 N–H and O–H groups in total. The minimum absolute atomic E-state index is 0.0303. The fraction of sp³-hybridized carbons (Fsp3) is 0.875. The van der Waals surface area contributed by atoms with Crippen molar-refractivity contribution in [1.29, 1.82) is 0 Å². The highest BCUT2D eigenvalue weighted by atomic mass is 31.2. The molecule has 0 unspecified atom stereocenters. The molecular weight excluding hydrogens is 314 g/mol. The number of aliphatic carboxylic acids is 1. The molecule has 0 aromatic rings. The maximum Gasteiger partial charge on any atom is 0.339 e. The first-order valence-electron chi connectivity index (χ1n) is 5.70. The molecular formula is C8H20N2O8P2. The Hall–Kier alpha value is -0.310. The van der Waals surface area contributed by atoms with E-state index in [1.807, 2.05) is 0 Å². The highest BCUT2D eigenvalue weighted by Gasteiger charge is 2.25. The summed E-state index contributed by atoms with van der Waals surface area (Å²) < 4.78 is 21.7. The number of carboxylic acids is 1. The molecule has 0 radical (unpaired) electrons. The number of nitrogens with two attached hydrogens (primary N) is 1. The average molecular weight is 334 g/mol. The van der Waals surface area contributed by atoms with Crippen molar-refractivity contribution in [2.45, 2.75) is 25.3 Å². The Balaban J connectivity index is 4.27. The molecule has 0 bridgehead atoms. The normalized spacial score (nSPS) is 14.5. The molecule has 0 spiro atoms. The number of nitrogens with zero attached hydrogens (tertiary/aromatic N) is 1. The SMILES string of the molecule is N[C@@H](CCCCN(CP(=O)(O)O)CP(=O)(O)O)C(=O)O. The zero-order valence-electron chi connectivity index (χ0n) is 10.7. The van der Waals surface area contributed by atoms with Crippen molar-refractivity contribution in [3.05, 3.63) is 0 Å². The Morgan fingerprint density at radius 3 is 1.85 bits per heavy atom. The van der Waals surface area contributed by atoms with E-state index in [9.17, 15) is 13.9 Å². The Labute approximate surface area is 115 Å². The third-order valence-corrected chi connectivity index (χ3v) is 3.86. The maximum absolute atomic E-state index is 10.9. The van der Waals surface area contributed by atoms with E-state index in [4.69, 9.17) is 30.4 Å². The lowest BCUT2D eigenvalue weighted by Gasteiger charge is -2.22. The summed E-state index contributed by atoms with van der Waals surface area (Å²) in [6.45, 7) is 0.0303. The smallest absolute Gasteiger partial charge is 0.339 e. The maximum atomic E-state index is 10.9. The van der Waals surface area contributed by atoms with Gasteiger partial charge in [-0.3, -0.25) is 18.8 Å². The van der Waals surface area contributed by atoms with Crippen molar-refractivity contribution in [3.8, 4) is 0 Å². The summed E-state index contributed by atoms with van der Waals surface area (Å²) in [5.74, 6) is -1.15. The third-order valence-electron chi connectivity index (χ3n) is 2.33. The van der Waals surface area contributed by atoms with Crippen LogP contribution >= 0.6 is 15.2 Å². The quantitative estimate of drug-likeness (QED) is 0.217. The molecule has 0 heterocycles. The first kappa shape index (κ1) is 19.7. The molecule has 10 nitrogen and oxygen atoms in total. The highest BCUT2D eigenvalue weighted by Crippen LogP contribution is 2.40. The lowest BCUT2D eigenvalue weighted by atomic mass is 10.1. The van der Waals surface area contributed by atoms with E-state index >= 15 is 0 Å². The number of unbranched alkanes of at least 4 members (excludes halogenated alkanes) is 1. The number of hydrogen-bond donors (Lipinski definition) is 6. The van der Waals surface area contributed by atoms with E-state index in [0.29, 0.717) is 12.8 Å². The van der Waals surface area contributed by atoms with Gasteiger partial charge < -0.3 is 30.4 Å². The van der Waals surface area contributed by atoms with Gasteiger partial charge in [-0.15, -0.1) is 0 Å². The van der Waals surface area contributed by atoms with Gasteiger partial charge in [0.05, 0.1) is 0 Å². The molecule has 0 aliphatic carbocycles. The third kappa shape index (κ3) is 11.5. The van der Waals surface area contributed by atoms with Gasteiger partial charge in [-0.2, -0.15) is 0 Å². The molecule has 20 heavy (non-hydrogen) atoms. The standard InChI is InChI=1S/C8H20N2O8P2/c9-7(8(11)12)3-1-2-4-10(5-19(13,14)15)6-20(16,17)18/h7H,1-6,9H2,(H,11,12)(H2,13,14,15)(H2,16,17,18)/t7-/m0/s1. The number of rotatable bonds is 10. The molecule has 12 heteroatoms. The van der Waals surface area contributed by atoms with Crippen molar-refractivity contribution in [1.82, 2.24) is 4.90 Å². The second kappa shape index (κ2) is 8.21. The van der Waals surface area contributed by atoms with Gasteiger partial charge in [-0.25, -0.2) is 0 Å². The van der Waals surface area contributed by atoms with Crippen LogP contribution in [-0.2, 0) is 13.9 Å². The van der Waals surface area contributed by atoms with Crippen molar-refractivity contribution in [2.24, 2.45) is 5.73 Å². The van der Waals surface area contributed by atoms with Crippen LogP contribution in [0.1, 0.15) is 19.3 Å². The summed E-state index contributed by atoms with van der Waals surface area (Å²) in [4.78, 5) is 46.7. The van der Waals surface area contributed by atoms with Crippen LogP contribution in [-0.4, -0.2) is 60.7 Å². The van der Waals surface area contributed by atoms with Crippen molar-refractivity contribution in [2.75, 3.05) is 19.1 Å². The summed E-state index contributed by atoms with van der Waals surface area (Å²) in [7, 11) is -8.86. The van der Waals surface area contributed by atoms with Crippen molar-refractivity contribution in [3.63, 3.8) is 0 Å². The molecule has 120 valence electrons. The van der Waals surface area contributed by atoms with E-state index in [2.05, 4.69) is 0 Å². The Bertz CT molecular complexity index is 381. The molecule has 1 atom stereocenters. The molecule has 0 saturated carbocycles. The van der Waals surface area contributed by atoms with Gasteiger partial charge >= 0.3 is 21.2 Å². The summed E-state index contributed by atoms with van der Waals surface area (Å²) in [5.41, 5.74) is 5.27. The minimum atomic E-state index is -4.43. The first-order chi connectivity index (χ1) is 8.91. The molecule has 0 amide bonds. The summed E-state index contributed by atoms with van der Waals surface area (Å²) in [5, 5.41) is 8.55. The summed E-state index contributed by atoms with van der Waals surface area (Å²) in [6.07, 6.45) is -0.658. The second-order valence-corrected chi connectivity index (χ2v) is 7.67. The summed E-state index contributed by atoms with van der Waals surface area (Å²) in [6, 6.07) is -1.02. The number of carboxylic acid groups (broad SMARTS) is 1. The molecule has 0 aromatic heterocycles. The number of hydrogen-bond acceptors (Lipinski definition) is 5. The predicted molar refractivity (Wildman–Crippen MR) is 70.0 cm³/mol. The van der Waals surface area contributed by atoms with Crippen LogP contribution in [0.15, 0.2) is 0 Å². The van der Waals surface area contributed by atoms with Crippen LogP contribution < -0.4 is 5.73 Å². The van der Waals surface area contributed by atoms with Crippen LogP contribution in [0.3, 0.4) is 0 Å². The monoisotopic (exact) mass is 334 g/mol. The van der Waals surface area contributed by atoms with Gasteiger partial charge in [-0.1, -0.05) is 6.42 Å². The molecule has 0 aliphatic heterocycles. The van der Waals surface area contributed by atoms with Gasteiger partial charge in [0, 0.05) is 0 Å². The molecule has 0 aliphatic rings. The van der Waals surface area contributed by atoms with E-state index in [-0.39, 0.29) is 13.0 Å². The lowest BCUT2D eigenvalue weighted by molar-refractivity contribution is -0.138. The van der Waals surface area contributed by atoms with Crippen molar-refractivity contribution < 1.29 is 38.6 Å². The molecule has 0 saturated heterocycles. The molecule has 0 rings (SSSR count). The Kier molecular flexibility index (Phi) is 8.08. The topological polar surface area (TPSA) is 182 Å². The average Bonchev–Trinajstić information content (AvgIpc) is 2.18. The zero-order chi connectivity index (χ0) is 16.0. The fourth-order valence-electron chi connectivity index (χ4n) is 1.53. The molecule has 0 aromatic carbocycles. The summed E-state index contributed by atoms with van der Waals surface area (Å²) >= 11 is 0. The molecule has 0 fully saturated rings. The van der Waals surface area contributed by atoms with E-state index in [1.165, 1.54) is 0 Å². The van der Waals surface area contributed by atoms with Gasteiger partial charge in [0.1, 0.15) is 18.6 Å². The fourth-order valence-corrected chi connectivity index (χ4v) is 3.21. The number of carbonyl (C=O) groups is 1. The van der Waals surface area contributed by atoms with E-state index in [0.717, 1.165) is 4.90 Å². The zero-order valence-corrected chi connectivity index (χ0v) is 12.5. The minimum Gasteiger partial charge on any atom is -0.480 e. The van der Waals surface area contributed by atoms with Crippen molar-refractivity contribution >= 4 is 21.2 Å². The van der Waals surface area contributed by atoms with Crippen LogP contribution in [0.4, 0.5) is 0 Å². The lowest BCUT2D eigenvalue weighted by Crippen LogP contribution is -2.31. The first-order valence-corrected chi connectivity index (χ1v) is 9.30. The second-order valence-electron chi connectivity index (χ2n) is 4.45. The van der Waals surface area contributed by atoms with Crippen LogP contribution in [0.5, 0.6) is 0 Å². The largest absolute Gasteiger partial charge is 0.480 e. The van der Waals surface area contributed by atoms with Gasteiger partial charge in [0.25, 0.3) is 0 Å². The van der Waals surface area contributed by atoms with Gasteiger partial charge in [0.15, 0.2) is 0 Å². The van der Waals surface area contributed by atoms with E-state index in [1.54, 1.807) is 0 Å². The Morgan fingerprint density at radius 2 is 1.50 bits per heavy atom. The van der Waals surface area contributed by atoms with Crippen LogP contribution in [0.25, 0.3) is 0 Å². The highest BCUT2D eigenvalue weighted by molar-refractivity contribution is 7.52. The predicted octanol–water partition coefficient (Wildman–Crippen LogP) is -0.859. The Morgan fingerprint density at radius 1 is 1.05 bits per heavy atom. The van der Waals surface area contributed by atoms with E-state index < -0.39 is 39.8 Å². The van der Waals surface area contributed by atoms with Gasteiger partial charge in [0.2, 0.25) is 0 Å². The van der Waals surface area contributed by atoms with Crippen LogP contribution in [0.2, 0.25) is 0 Å².